The number of benzene rings is 1. The summed E-state index contributed by atoms with van der Waals surface area (Å²) in [5.41, 5.74) is 3.25. The zero-order valence-corrected chi connectivity index (χ0v) is 16.3. The first-order valence-corrected chi connectivity index (χ1v) is 9.32. The summed E-state index contributed by atoms with van der Waals surface area (Å²) >= 11 is 0. The number of carbonyl (C=O) groups is 2. The van der Waals surface area contributed by atoms with Gasteiger partial charge in [0.15, 0.2) is 5.76 Å². The Labute approximate surface area is 154 Å². The molecule has 0 N–H and O–H groups in total. The van der Waals surface area contributed by atoms with Gasteiger partial charge < -0.3 is 14.2 Å². The summed E-state index contributed by atoms with van der Waals surface area (Å²) in [6.07, 6.45) is 1.85. The van der Waals surface area contributed by atoms with Crippen molar-refractivity contribution in [3.8, 4) is 0 Å². The van der Waals surface area contributed by atoms with Gasteiger partial charge in [0.05, 0.1) is 0 Å². The molecule has 2 amide bonds. The van der Waals surface area contributed by atoms with Crippen molar-refractivity contribution in [3.63, 3.8) is 0 Å². The fraction of sp³-hybridized carbons (Fsp3) is 0.524. The average molecular weight is 356 g/mol. The molecule has 5 heteroatoms. The Bertz CT molecular complexity index is 827. The standard InChI is InChI=1S/C21H28N2O3/c1-13(2)16-10-17-12-19(21(25)22(4)5)26-20(17)18(11-16)15-6-8-23(9-7-15)14(3)24/h10-13,15H,6-9H2,1-5H3. The van der Waals surface area contributed by atoms with Crippen molar-refractivity contribution in [3.05, 3.63) is 35.1 Å². The molecular formula is C21H28N2O3. The second-order valence-electron chi connectivity index (χ2n) is 7.77. The SMILES string of the molecule is CC(=O)N1CCC(c2cc(C(C)C)cc3cc(C(=O)N(C)C)oc23)CC1. The van der Waals surface area contributed by atoms with Gasteiger partial charge in [-0.25, -0.2) is 0 Å². The molecule has 0 unspecified atom stereocenters. The van der Waals surface area contributed by atoms with Crippen LogP contribution >= 0.6 is 0 Å². The predicted molar refractivity (Wildman–Crippen MR) is 103 cm³/mol. The lowest BCUT2D eigenvalue weighted by atomic mass is 9.86. The Morgan fingerprint density at radius 3 is 2.35 bits per heavy atom. The van der Waals surface area contributed by atoms with E-state index >= 15 is 0 Å². The molecule has 26 heavy (non-hydrogen) atoms. The number of hydrogen-bond donors (Lipinski definition) is 0. The van der Waals surface area contributed by atoms with E-state index in [9.17, 15) is 9.59 Å². The van der Waals surface area contributed by atoms with Crippen LogP contribution in [-0.2, 0) is 4.79 Å². The van der Waals surface area contributed by atoms with Gasteiger partial charge in [-0.1, -0.05) is 19.9 Å². The summed E-state index contributed by atoms with van der Waals surface area (Å²) < 4.78 is 6.01. The van der Waals surface area contributed by atoms with Gasteiger partial charge in [0, 0.05) is 39.5 Å². The van der Waals surface area contributed by atoms with Crippen molar-refractivity contribution < 1.29 is 14.0 Å². The zero-order chi connectivity index (χ0) is 19.0. The van der Waals surface area contributed by atoms with Crippen LogP contribution in [0.25, 0.3) is 11.0 Å². The van der Waals surface area contributed by atoms with Crippen molar-refractivity contribution in [2.24, 2.45) is 0 Å². The molecule has 1 saturated heterocycles. The second kappa shape index (κ2) is 7.14. The number of carbonyl (C=O) groups excluding carboxylic acids is 2. The molecule has 0 atom stereocenters. The van der Waals surface area contributed by atoms with Gasteiger partial charge >= 0.3 is 0 Å². The summed E-state index contributed by atoms with van der Waals surface area (Å²) in [5, 5.41) is 0.991. The van der Waals surface area contributed by atoms with Crippen molar-refractivity contribution in [2.75, 3.05) is 27.2 Å². The Hall–Kier alpha value is -2.30. The number of amides is 2. The maximum absolute atomic E-state index is 12.3. The fourth-order valence-corrected chi connectivity index (χ4v) is 3.67. The molecule has 0 saturated carbocycles. The maximum Gasteiger partial charge on any atom is 0.289 e. The predicted octanol–water partition coefficient (Wildman–Crippen LogP) is 3.98. The first-order valence-electron chi connectivity index (χ1n) is 9.32. The van der Waals surface area contributed by atoms with Crippen LogP contribution in [0.2, 0.25) is 0 Å². The smallest absolute Gasteiger partial charge is 0.289 e. The molecule has 1 aliphatic rings. The van der Waals surface area contributed by atoms with E-state index in [0.717, 1.165) is 36.9 Å². The number of fused-ring (bicyclic) bond motifs is 1. The van der Waals surface area contributed by atoms with E-state index in [-0.39, 0.29) is 11.8 Å². The highest BCUT2D eigenvalue weighted by molar-refractivity contribution is 5.96. The maximum atomic E-state index is 12.3. The summed E-state index contributed by atoms with van der Waals surface area (Å²) in [5.74, 6) is 1.15. The zero-order valence-electron chi connectivity index (χ0n) is 16.3. The van der Waals surface area contributed by atoms with Crippen molar-refractivity contribution in [1.29, 1.82) is 0 Å². The highest BCUT2D eigenvalue weighted by atomic mass is 16.3. The van der Waals surface area contributed by atoms with Gasteiger partial charge in [-0.15, -0.1) is 0 Å². The molecule has 1 aliphatic heterocycles. The first-order chi connectivity index (χ1) is 12.3. The lowest BCUT2D eigenvalue weighted by Gasteiger charge is -2.31. The molecule has 0 bridgehead atoms. The van der Waals surface area contributed by atoms with E-state index in [1.54, 1.807) is 21.0 Å². The molecule has 3 rings (SSSR count). The summed E-state index contributed by atoms with van der Waals surface area (Å²) in [6, 6.07) is 6.22. The van der Waals surface area contributed by atoms with Gasteiger partial charge in [0.25, 0.3) is 5.91 Å². The molecule has 1 fully saturated rings. The van der Waals surface area contributed by atoms with Crippen LogP contribution in [-0.4, -0.2) is 48.8 Å². The third kappa shape index (κ3) is 3.48. The molecule has 1 aromatic carbocycles. The van der Waals surface area contributed by atoms with E-state index in [4.69, 9.17) is 4.42 Å². The molecule has 2 heterocycles. The van der Waals surface area contributed by atoms with Gasteiger partial charge in [-0.05, 0) is 47.9 Å². The molecule has 1 aromatic heterocycles. The number of furan rings is 1. The largest absolute Gasteiger partial charge is 0.451 e. The van der Waals surface area contributed by atoms with Crippen molar-refractivity contribution >= 4 is 22.8 Å². The molecular weight excluding hydrogens is 328 g/mol. The van der Waals surface area contributed by atoms with Crippen molar-refractivity contribution in [1.82, 2.24) is 9.80 Å². The lowest BCUT2D eigenvalue weighted by Crippen LogP contribution is -2.36. The van der Waals surface area contributed by atoms with E-state index in [1.165, 1.54) is 16.0 Å². The molecule has 0 aliphatic carbocycles. The van der Waals surface area contributed by atoms with Crippen LogP contribution in [0.3, 0.4) is 0 Å². The van der Waals surface area contributed by atoms with Crippen LogP contribution < -0.4 is 0 Å². The third-order valence-electron chi connectivity index (χ3n) is 5.33. The second-order valence-corrected chi connectivity index (χ2v) is 7.77. The van der Waals surface area contributed by atoms with E-state index in [2.05, 4.69) is 26.0 Å². The number of piperidine rings is 1. The minimum atomic E-state index is -0.121. The Kier molecular flexibility index (Phi) is 5.08. The topological polar surface area (TPSA) is 53.8 Å². The van der Waals surface area contributed by atoms with Gasteiger partial charge in [0.2, 0.25) is 5.91 Å². The average Bonchev–Trinajstić information content (AvgIpc) is 3.04. The molecule has 2 aromatic rings. The number of rotatable bonds is 3. The Balaban J connectivity index is 2.02. The van der Waals surface area contributed by atoms with Crippen LogP contribution in [0, 0.1) is 0 Å². The van der Waals surface area contributed by atoms with Crippen LogP contribution in [0.1, 0.15) is 67.1 Å². The summed E-state index contributed by atoms with van der Waals surface area (Å²) in [4.78, 5) is 27.4. The normalized spacial score (nSPS) is 15.7. The molecule has 0 radical (unpaired) electrons. The minimum absolute atomic E-state index is 0.121. The monoisotopic (exact) mass is 356 g/mol. The van der Waals surface area contributed by atoms with E-state index in [1.807, 2.05) is 11.0 Å². The third-order valence-corrected chi connectivity index (χ3v) is 5.33. The molecule has 140 valence electrons. The highest BCUT2D eigenvalue weighted by Gasteiger charge is 2.26. The summed E-state index contributed by atoms with van der Waals surface area (Å²) in [7, 11) is 3.46. The van der Waals surface area contributed by atoms with Crippen molar-refractivity contribution in [2.45, 2.75) is 45.4 Å². The van der Waals surface area contributed by atoms with E-state index < -0.39 is 0 Å². The van der Waals surface area contributed by atoms with Gasteiger partial charge in [0.1, 0.15) is 5.58 Å². The van der Waals surface area contributed by atoms with Crippen LogP contribution in [0.4, 0.5) is 0 Å². The highest BCUT2D eigenvalue weighted by Crippen LogP contribution is 2.37. The number of likely N-dealkylation sites (tertiary alicyclic amines) is 1. The molecule has 0 spiro atoms. The Morgan fingerprint density at radius 1 is 1.15 bits per heavy atom. The Morgan fingerprint density at radius 2 is 1.81 bits per heavy atom. The number of nitrogens with zero attached hydrogens (tertiary/aromatic N) is 2. The summed E-state index contributed by atoms with van der Waals surface area (Å²) in [6.45, 7) is 7.53. The quantitative estimate of drug-likeness (QED) is 0.836. The fourth-order valence-electron chi connectivity index (χ4n) is 3.67. The minimum Gasteiger partial charge on any atom is -0.451 e. The van der Waals surface area contributed by atoms with Gasteiger partial charge in [-0.3, -0.25) is 9.59 Å². The molecule has 5 nitrogen and oxygen atoms in total. The lowest BCUT2D eigenvalue weighted by molar-refractivity contribution is -0.129. The van der Waals surface area contributed by atoms with Crippen LogP contribution in [0.15, 0.2) is 22.6 Å². The van der Waals surface area contributed by atoms with E-state index in [0.29, 0.717) is 17.6 Å². The first kappa shape index (κ1) is 18.5. The van der Waals surface area contributed by atoms with Gasteiger partial charge in [-0.2, -0.15) is 0 Å². The number of hydrogen-bond acceptors (Lipinski definition) is 3. The van der Waals surface area contributed by atoms with Crippen LogP contribution in [0.5, 0.6) is 0 Å².